The SMILES string of the molecule is CC(C)C[C@@H]1N2C(=O)[C@@H]3CCCN3C(=O)[C@@H]2C[C@@]12C(=O)Nc1ccccc12. The van der Waals surface area contributed by atoms with Crippen molar-refractivity contribution in [2.45, 2.75) is 63.1 Å². The van der Waals surface area contributed by atoms with Crippen LogP contribution in [0.3, 0.4) is 0 Å². The van der Waals surface area contributed by atoms with E-state index in [1.165, 1.54) is 0 Å². The highest BCUT2D eigenvalue weighted by atomic mass is 16.2. The number of hydrogen-bond acceptors (Lipinski definition) is 3. The zero-order valence-electron chi connectivity index (χ0n) is 15.8. The largest absolute Gasteiger partial charge is 0.329 e. The summed E-state index contributed by atoms with van der Waals surface area (Å²) in [6.45, 7) is 4.88. The minimum absolute atomic E-state index is 0.0277. The van der Waals surface area contributed by atoms with Crippen LogP contribution in [0.2, 0.25) is 0 Å². The first-order valence-corrected chi connectivity index (χ1v) is 9.99. The Bertz CT molecular complexity index is 851. The third kappa shape index (κ3) is 2.04. The zero-order valence-corrected chi connectivity index (χ0v) is 15.8. The first kappa shape index (κ1) is 16.8. The van der Waals surface area contributed by atoms with Gasteiger partial charge in [0.25, 0.3) is 0 Å². The van der Waals surface area contributed by atoms with Crippen molar-refractivity contribution < 1.29 is 14.4 Å². The molecule has 4 heterocycles. The van der Waals surface area contributed by atoms with Gasteiger partial charge >= 0.3 is 0 Å². The third-order valence-corrected chi connectivity index (χ3v) is 6.87. The molecule has 4 aliphatic rings. The summed E-state index contributed by atoms with van der Waals surface area (Å²) >= 11 is 0. The number of anilines is 1. The van der Waals surface area contributed by atoms with E-state index in [4.69, 9.17) is 0 Å². The Balaban J connectivity index is 1.67. The van der Waals surface area contributed by atoms with E-state index in [1.54, 1.807) is 9.80 Å². The van der Waals surface area contributed by atoms with E-state index >= 15 is 0 Å². The minimum Gasteiger partial charge on any atom is -0.329 e. The number of amides is 3. The molecule has 4 atom stereocenters. The number of fused-ring (bicyclic) bond motifs is 4. The van der Waals surface area contributed by atoms with Gasteiger partial charge in [0.2, 0.25) is 17.7 Å². The Morgan fingerprint density at radius 1 is 1.15 bits per heavy atom. The molecule has 0 aliphatic carbocycles. The summed E-state index contributed by atoms with van der Waals surface area (Å²) in [7, 11) is 0. The van der Waals surface area contributed by atoms with Gasteiger partial charge in [-0.15, -0.1) is 0 Å². The maximum absolute atomic E-state index is 13.4. The van der Waals surface area contributed by atoms with Gasteiger partial charge in [0.05, 0.1) is 11.5 Å². The van der Waals surface area contributed by atoms with Gasteiger partial charge in [-0.05, 0) is 43.2 Å². The van der Waals surface area contributed by atoms with Gasteiger partial charge in [-0.25, -0.2) is 0 Å². The second-order valence-electron chi connectivity index (χ2n) is 8.77. The average Bonchev–Trinajstić information content (AvgIpc) is 3.31. The van der Waals surface area contributed by atoms with Crippen LogP contribution >= 0.6 is 0 Å². The highest BCUT2D eigenvalue weighted by Gasteiger charge is 2.66. The Morgan fingerprint density at radius 2 is 1.93 bits per heavy atom. The van der Waals surface area contributed by atoms with E-state index in [1.807, 2.05) is 24.3 Å². The fourth-order valence-corrected chi connectivity index (χ4v) is 5.79. The molecule has 0 bridgehead atoms. The fraction of sp³-hybridized carbons (Fsp3) is 0.571. The highest BCUT2D eigenvalue weighted by Crippen LogP contribution is 2.53. The second kappa shape index (κ2) is 5.57. The number of benzene rings is 1. The summed E-state index contributed by atoms with van der Waals surface area (Å²) < 4.78 is 0. The minimum atomic E-state index is -0.823. The Kier molecular flexibility index (Phi) is 3.46. The van der Waals surface area contributed by atoms with Crippen LogP contribution in [0.25, 0.3) is 0 Å². The smallest absolute Gasteiger partial charge is 0.246 e. The number of carbonyl (C=O) groups is 3. The van der Waals surface area contributed by atoms with Crippen LogP contribution in [0.1, 0.15) is 45.1 Å². The van der Waals surface area contributed by atoms with E-state index in [-0.39, 0.29) is 29.8 Å². The molecule has 1 aromatic rings. The van der Waals surface area contributed by atoms with Crippen LogP contribution in [0.15, 0.2) is 24.3 Å². The van der Waals surface area contributed by atoms with Crippen molar-refractivity contribution in [1.29, 1.82) is 0 Å². The molecule has 0 unspecified atom stereocenters. The molecule has 3 saturated heterocycles. The van der Waals surface area contributed by atoms with Crippen LogP contribution in [-0.4, -0.2) is 52.2 Å². The lowest BCUT2D eigenvalue weighted by molar-refractivity contribution is -0.159. The van der Waals surface area contributed by atoms with Gasteiger partial charge in [0.15, 0.2) is 0 Å². The molecule has 1 spiro atoms. The van der Waals surface area contributed by atoms with Crippen LogP contribution in [-0.2, 0) is 19.8 Å². The number of piperazine rings is 1. The second-order valence-corrected chi connectivity index (χ2v) is 8.77. The van der Waals surface area contributed by atoms with Crippen molar-refractivity contribution >= 4 is 23.4 Å². The normalized spacial score (nSPS) is 34.3. The molecular formula is C21H25N3O3. The van der Waals surface area contributed by atoms with Crippen LogP contribution < -0.4 is 5.32 Å². The summed E-state index contributed by atoms with van der Waals surface area (Å²) in [6, 6.07) is 6.61. The molecule has 3 fully saturated rings. The third-order valence-electron chi connectivity index (χ3n) is 6.87. The van der Waals surface area contributed by atoms with Crippen molar-refractivity contribution in [3.8, 4) is 0 Å². The predicted octanol–water partition coefficient (Wildman–Crippen LogP) is 1.90. The molecule has 5 rings (SSSR count). The van der Waals surface area contributed by atoms with Crippen molar-refractivity contribution in [2.75, 3.05) is 11.9 Å². The number of hydrogen-bond donors (Lipinski definition) is 1. The number of rotatable bonds is 2. The summed E-state index contributed by atoms with van der Waals surface area (Å²) in [5.74, 6) is 0.317. The molecule has 1 aromatic carbocycles. The molecule has 1 N–H and O–H groups in total. The van der Waals surface area contributed by atoms with Crippen molar-refractivity contribution in [2.24, 2.45) is 5.92 Å². The summed E-state index contributed by atoms with van der Waals surface area (Å²) in [5, 5.41) is 3.02. The molecule has 0 aromatic heterocycles. The fourth-order valence-electron chi connectivity index (χ4n) is 5.79. The van der Waals surface area contributed by atoms with Crippen molar-refractivity contribution in [3.05, 3.63) is 29.8 Å². The quantitative estimate of drug-likeness (QED) is 0.868. The number of para-hydroxylation sites is 1. The van der Waals surface area contributed by atoms with E-state index < -0.39 is 11.5 Å². The first-order chi connectivity index (χ1) is 12.9. The molecule has 27 heavy (non-hydrogen) atoms. The van der Waals surface area contributed by atoms with Gasteiger partial charge in [-0.1, -0.05) is 32.0 Å². The van der Waals surface area contributed by atoms with E-state index in [0.717, 1.165) is 24.1 Å². The molecular weight excluding hydrogens is 342 g/mol. The number of nitrogens with one attached hydrogen (secondary N) is 1. The van der Waals surface area contributed by atoms with E-state index in [9.17, 15) is 14.4 Å². The van der Waals surface area contributed by atoms with Crippen LogP contribution in [0, 0.1) is 5.92 Å². The number of carbonyl (C=O) groups excluding carboxylic acids is 3. The van der Waals surface area contributed by atoms with E-state index in [2.05, 4.69) is 19.2 Å². The van der Waals surface area contributed by atoms with Gasteiger partial charge in [-0.2, -0.15) is 0 Å². The molecule has 3 amide bonds. The summed E-state index contributed by atoms with van der Waals surface area (Å²) in [4.78, 5) is 43.4. The van der Waals surface area contributed by atoms with Crippen LogP contribution in [0.5, 0.6) is 0 Å². The Morgan fingerprint density at radius 3 is 2.70 bits per heavy atom. The van der Waals surface area contributed by atoms with Gasteiger partial charge in [0.1, 0.15) is 12.1 Å². The lowest BCUT2D eigenvalue weighted by Gasteiger charge is -2.42. The lowest BCUT2D eigenvalue weighted by Crippen LogP contribution is -2.63. The number of nitrogens with zero attached hydrogens (tertiary/aromatic N) is 2. The standard InChI is InChI=1S/C21H25N3O3/c1-12(2)10-17-21(13-6-3-4-7-14(13)22-20(21)27)11-16-18(25)23-9-5-8-15(23)19(26)24(16)17/h3-4,6-7,12,15-17H,5,8-11H2,1-2H3,(H,22,27)/t15-,16-,17-,21-/m0/s1. The van der Waals surface area contributed by atoms with Crippen molar-refractivity contribution in [3.63, 3.8) is 0 Å². The Labute approximate surface area is 158 Å². The Hall–Kier alpha value is -2.37. The van der Waals surface area contributed by atoms with Crippen molar-refractivity contribution in [1.82, 2.24) is 9.80 Å². The monoisotopic (exact) mass is 367 g/mol. The lowest BCUT2D eigenvalue weighted by atomic mass is 9.72. The molecule has 6 heteroatoms. The maximum atomic E-state index is 13.4. The average molecular weight is 367 g/mol. The molecule has 0 saturated carbocycles. The van der Waals surface area contributed by atoms with Gasteiger partial charge in [0, 0.05) is 12.2 Å². The predicted molar refractivity (Wildman–Crippen MR) is 100.0 cm³/mol. The van der Waals surface area contributed by atoms with E-state index in [0.29, 0.717) is 25.3 Å². The molecule has 142 valence electrons. The molecule has 4 aliphatic heterocycles. The molecule has 6 nitrogen and oxygen atoms in total. The maximum Gasteiger partial charge on any atom is 0.246 e. The summed E-state index contributed by atoms with van der Waals surface area (Å²) in [6.07, 6.45) is 2.72. The van der Waals surface area contributed by atoms with Gasteiger partial charge in [-0.3, -0.25) is 14.4 Å². The first-order valence-electron chi connectivity index (χ1n) is 9.99. The van der Waals surface area contributed by atoms with Crippen LogP contribution in [0.4, 0.5) is 5.69 Å². The highest BCUT2D eigenvalue weighted by molar-refractivity contribution is 6.09. The van der Waals surface area contributed by atoms with Gasteiger partial charge < -0.3 is 15.1 Å². The summed E-state index contributed by atoms with van der Waals surface area (Å²) in [5.41, 5.74) is 0.934. The molecule has 0 radical (unpaired) electrons. The zero-order chi connectivity index (χ0) is 18.9. The topological polar surface area (TPSA) is 69.7 Å².